The third kappa shape index (κ3) is 3.01. The van der Waals surface area contributed by atoms with Gasteiger partial charge in [0.15, 0.2) is 5.75 Å². The summed E-state index contributed by atoms with van der Waals surface area (Å²) in [7, 11) is 1.87. The van der Waals surface area contributed by atoms with Gasteiger partial charge >= 0.3 is 0 Å². The molecule has 1 unspecified atom stereocenters. The van der Waals surface area contributed by atoms with Crippen LogP contribution < -0.4 is 4.74 Å². The molecule has 27 heavy (non-hydrogen) atoms. The number of nitrogens with zero attached hydrogens (tertiary/aromatic N) is 3. The zero-order valence-corrected chi connectivity index (χ0v) is 15.6. The van der Waals surface area contributed by atoms with E-state index in [4.69, 9.17) is 4.74 Å². The maximum Gasteiger partial charge on any atom is 0.163 e. The molecule has 0 radical (unpaired) electrons. The van der Waals surface area contributed by atoms with Crippen molar-refractivity contribution in [1.82, 2.24) is 14.7 Å². The van der Waals surface area contributed by atoms with E-state index in [1.165, 1.54) is 16.3 Å². The molecule has 1 spiro atoms. The fraction of sp³-hybridized carbons (Fsp3) is 0.409. The Hall–Kier alpha value is -2.37. The number of fused-ring (bicyclic) bond motifs is 2. The number of hydrogen-bond acceptors (Lipinski definition) is 4. The number of hydrogen-bond donors (Lipinski definition) is 1. The van der Waals surface area contributed by atoms with Crippen LogP contribution in [0.3, 0.4) is 0 Å². The molecule has 1 fully saturated rings. The molecule has 3 aromatic rings. The zero-order valence-electron chi connectivity index (χ0n) is 15.6. The van der Waals surface area contributed by atoms with Gasteiger partial charge in [-0.15, -0.1) is 0 Å². The van der Waals surface area contributed by atoms with Crippen LogP contribution >= 0.6 is 0 Å². The van der Waals surface area contributed by atoms with E-state index < -0.39 is 6.10 Å². The Labute approximate surface area is 159 Å². The molecule has 3 heterocycles. The average molecular weight is 363 g/mol. The van der Waals surface area contributed by atoms with E-state index in [9.17, 15) is 5.11 Å². The average Bonchev–Trinajstić information content (AvgIpc) is 3.05. The minimum Gasteiger partial charge on any atom is -0.483 e. The molecule has 5 heteroatoms. The number of ether oxygens (including phenoxy) is 1. The van der Waals surface area contributed by atoms with Gasteiger partial charge < -0.3 is 9.84 Å². The van der Waals surface area contributed by atoms with Gasteiger partial charge in [-0.1, -0.05) is 42.5 Å². The molecule has 5 rings (SSSR count). The second kappa shape index (κ2) is 6.36. The van der Waals surface area contributed by atoms with Crippen molar-refractivity contribution in [3.05, 3.63) is 59.9 Å². The summed E-state index contributed by atoms with van der Waals surface area (Å²) in [4.78, 5) is 2.50. The van der Waals surface area contributed by atoms with Crippen LogP contribution in [0.1, 0.15) is 36.6 Å². The number of rotatable bonds is 2. The quantitative estimate of drug-likeness (QED) is 0.758. The second-order valence-corrected chi connectivity index (χ2v) is 7.97. The molecule has 140 valence electrons. The van der Waals surface area contributed by atoms with Crippen LogP contribution in [-0.4, -0.2) is 38.5 Å². The summed E-state index contributed by atoms with van der Waals surface area (Å²) in [5.41, 5.74) is 1.80. The Bertz CT molecular complexity index is 967. The molecule has 2 aliphatic heterocycles. The summed E-state index contributed by atoms with van der Waals surface area (Å²) in [6.45, 7) is 2.91. The fourth-order valence-electron chi connectivity index (χ4n) is 4.61. The van der Waals surface area contributed by atoms with Gasteiger partial charge in [-0.3, -0.25) is 9.58 Å². The summed E-state index contributed by atoms with van der Waals surface area (Å²) in [5, 5.41) is 17.5. The molecule has 1 saturated heterocycles. The maximum absolute atomic E-state index is 10.5. The first-order valence-electron chi connectivity index (χ1n) is 9.72. The van der Waals surface area contributed by atoms with Gasteiger partial charge in [0.25, 0.3) is 0 Å². The predicted octanol–water partition coefficient (Wildman–Crippen LogP) is 3.42. The number of aliphatic hydroxyl groups excluding tert-OH is 1. The maximum atomic E-state index is 10.5. The number of aromatic nitrogens is 2. The molecular weight excluding hydrogens is 338 g/mol. The molecule has 0 saturated carbocycles. The first-order valence-corrected chi connectivity index (χ1v) is 9.72. The van der Waals surface area contributed by atoms with Crippen LogP contribution in [0.5, 0.6) is 5.75 Å². The lowest BCUT2D eigenvalue weighted by Crippen LogP contribution is -2.50. The van der Waals surface area contributed by atoms with Crippen molar-refractivity contribution < 1.29 is 9.84 Å². The molecule has 0 aliphatic carbocycles. The lowest BCUT2D eigenvalue weighted by Gasteiger charge is -2.44. The molecule has 1 N–H and O–H groups in total. The predicted molar refractivity (Wildman–Crippen MR) is 105 cm³/mol. The highest BCUT2D eigenvalue weighted by molar-refractivity contribution is 5.85. The number of piperidine rings is 1. The number of aryl methyl sites for hydroxylation is 1. The minimum atomic E-state index is -0.528. The smallest absolute Gasteiger partial charge is 0.163 e. The normalized spacial score (nSPS) is 21.9. The monoisotopic (exact) mass is 363 g/mol. The lowest BCUT2D eigenvalue weighted by molar-refractivity contribution is -0.0558. The molecular formula is C22H25N3O2. The summed E-state index contributed by atoms with van der Waals surface area (Å²) in [5.74, 6) is 0.749. The summed E-state index contributed by atoms with van der Waals surface area (Å²) in [6, 6.07) is 15.1. The van der Waals surface area contributed by atoms with E-state index in [1.54, 1.807) is 4.68 Å². The highest BCUT2D eigenvalue weighted by Crippen LogP contribution is 2.43. The van der Waals surface area contributed by atoms with Crippen LogP contribution in [-0.2, 0) is 13.6 Å². The number of likely N-dealkylation sites (tertiary alicyclic amines) is 1. The molecule has 1 aromatic heterocycles. The number of benzene rings is 2. The van der Waals surface area contributed by atoms with Crippen LogP contribution in [0.4, 0.5) is 0 Å². The lowest BCUT2D eigenvalue weighted by atomic mass is 9.83. The zero-order chi connectivity index (χ0) is 18.4. The SMILES string of the molecule is Cn1cc2c(n1)C(O)CC1(CCN(Cc3cccc4ccccc34)CC1)O2. The van der Waals surface area contributed by atoms with Crippen LogP contribution in [0.15, 0.2) is 48.7 Å². The topological polar surface area (TPSA) is 50.5 Å². The van der Waals surface area contributed by atoms with E-state index in [-0.39, 0.29) is 5.60 Å². The Morgan fingerprint density at radius 3 is 2.78 bits per heavy atom. The van der Waals surface area contributed by atoms with Gasteiger partial charge in [-0.2, -0.15) is 5.10 Å². The first kappa shape index (κ1) is 16.8. The molecule has 1 atom stereocenters. The van der Waals surface area contributed by atoms with Crippen molar-refractivity contribution >= 4 is 10.8 Å². The Morgan fingerprint density at radius 1 is 1.15 bits per heavy atom. The van der Waals surface area contributed by atoms with Crippen LogP contribution in [0, 0.1) is 0 Å². The van der Waals surface area contributed by atoms with Crippen LogP contribution in [0.25, 0.3) is 10.8 Å². The highest BCUT2D eigenvalue weighted by Gasteiger charge is 2.44. The Morgan fingerprint density at radius 2 is 1.93 bits per heavy atom. The van der Waals surface area contributed by atoms with Crippen LogP contribution in [0.2, 0.25) is 0 Å². The minimum absolute atomic E-state index is 0.259. The number of aliphatic hydroxyl groups is 1. The third-order valence-corrected chi connectivity index (χ3v) is 6.07. The molecule has 0 amide bonds. The largest absolute Gasteiger partial charge is 0.483 e. The van der Waals surface area contributed by atoms with Crippen molar-refractivity contribution in [3.63, 3.8) is 0 Å². The van der Waals surface area contributed by atoms with Gasteiger partial charge in [0.2, 0.25) is 0 Å². The van der Waals surface area contributed by atoms with Gasteiger partial charge in [-0.25, -0.2) is 0 Å². The first-order chi connectivity index (χ1) is 13.1. The van der Waals surface area contributed by atoms with Gasteiger partial charge in [-0.05, 0) is 29.2 Å². The van der Waals surface area contributed by atoms with Crippen molar-refractivity contribution in [1.29, 1.82) is 0 Å². The Kier molecular flexibility index (Phi) is 3.95. The van der Waals surface area contributed by atoms with Crippen molar-refractivity contribution in [2.75, 3.05) is 13.1 Å². The molecule has 2 aromatic carbocycles. The van der Waals surface area contributed by atoms with Crippen molar-refractivity contribution in [2.24, 2.45) is 7.05 Å². The Balaban J connectivity index is 1.31. The fourth-order valence-corrected chi connectivity index (χ4v) is 4.61. The van der Waals surface area contributed by atoms with Crippen molar-refractivity contribution in [3.8, 4) is 5.75 Å². The summed E-state index contributed by atoms with van der Waals surface area (Å²) >= 11 is 0. The second-order valence-electron chi connectivity index (χ2n) is 7.97. The van der Waals surface area contributed by atoms with Gasteiger partial charge in [0.1, 0.15) is 17.4 Å². The standard InChI is InChI=1S/C22H25N3O2/c1-24-15-20-21(23-24)19(26)13-22(27-20)9-11-25(12-10-22)14-17-7-4-6-16-5-2-3-8-18(16)17/h2-8,15,19,26H,9-14H2,1H3. The van der Waals surface area contributed by atoms with E-state index in [2.05, 4.69) is 52.5 Å². The molecule has 2 aliphatic rings. The highest BCUT2D eigenvalue weighted by atomic mass is 16.5. The van der Waals surface area contributed by atoms with E-state index in [0.717, 1.165) is 38.2 Å². The third-order valence-electron chi connectivity index (χ3n) is 6.07. The van der Waals surface area contributed by atoms with Gasteiger partial charge in [0.05, 0.1) is 6.20 Å². The van der Waals surface area contributed by atoms with E-state index >= 15 is 0 Å². The molecule has 0 bridgehead atoms. The van der Waals surface area contributed by atoms with E-state index in [0.29, 0.717) is 12.1 Å². The summed E-state index contributed by atoms with van der Waals surface area (Å²) < 4.78 is 8.08. The van der Waals surface area contributed by atoms with E-state index in [1.807, 2.05) is 13.2 Å². The molecule has 5 nitrogen and oxygen atoms in total. The van der Waals surface area contributed by atoms with Crippen molar-refractivity contribution in [2.45, 2.75) is 37.5 Å². The van der Waals surface area contributed by atoms with Gasteiger partial charge in [0, 0.05) is 33.1 Å². The summed E-state index contributed by atoms with van der Waals surface area (Å²) in [6.07, 6.45) is 3.85.